The van der Waals surface area contributed by atoms with E-state index in [1.165, 1.54) is 6.26 Å². The van der Waals surface area contributed by atoms with Crippen LogP contribution in [0.3, 0.4) is 0 Å². The fourth-order valence-electron chi connectivity index (χ4n) is 2.15. The van der Waals surface area contributed by atoms with Crippen molar-refractivity contribution in [2.24, 2.45) is 5.92 Å². The molecule has 0 aliphatic rings. The van der Waals surface area contributed by atoms with E-state index in [0.29, 0.717) is 24.1 Å². The second-order valence-corrected chi connectivity index (χ2v) is 5.55. The summed E-state index contributed by atoms with van der Waals surface area (Å²) in [5.41, 5.74) is 0.694. The minimum absolute atomic E-state index is 0.0284. The highest BCUT2D eigenvalue weighted by Crippen LogP contribution is 2.12. The minimum atomic E-state index is -1.02. The topological polar surface area (TPSA) is 65.7 Å². The van der Waals surface area contributed by atoms with Crippen LogP contribution in [0, 0.1) is 5.92 Å². The van der Waals surface area contributed by atoms with E-state index in [9.17, 15) is 4.79 Å². The zero-order valence-electron chi connectivity index (χ0n) is 12.1. The van der Waals surface area contributed by atoms with Gasteiger partial charge in [-0.1, -0.05) is 13.8 Å². The number of carbonyl (C=O) groups is 1. The van der Waals surface area contributed by atoms with E-state index in [4.69, 9.17) is 9.52 Å². The number of likely N-dealkylation sites (N-methyl/N-ethyl adjacent to an activating group) is 1. The Morgan fingerprint density at radius 3 is 2.68 bits per heavy atom. The molecule has 0 saturated carbocycles. The second-order valence-electron chi connectivity index (χ2n) is 5.55. The van der Waals surface area contributed by atoms with Crippen LogP contribution in [0.1, 0.15) is 36.4 Å². The highest BCUT2D eigenvalue weighted by atomic mass is 16.4. The Morgan fingerprint density at radius 1 is 1.47 bits per heavy atom. The van der Waals surface area contributed by atoms with Gasteiger partial charge in [-0.15, -0.1) is 0 Å². The lowest BCUT2D eigenvalue weighted by Crippen LogP contribution is -2.39. The molecule has 1 rings (SSSR count). The van der Waals surface area contributed by atoms with Gasteiger partial charge in [0.05, 0.1) is 6.26 Å². The Kier molecular flexibility index (Phi) is 6.05. The number of aromatic carboxylic acids is 1. The number of hydrogen-bond donors (Lipinski definition) is 2. The van der Waals surface area contributed by atoms with E-state index in [0.717, 1.165) is 13.0 Å². The highest BCUT2D eigenvalue weighted by Gasteiger charge is 2.16. The van der Waals surface area contributed by atoms with Crippen molar-refractivity contribution in [1.82, 2.24) is 10.2 Å². The summed E-state index contributed by atoms with van der Waals surface area (Å²) in [6.45, 7) is 5.82. The van der Waals surface area contributed by atoms with Crippen molar-refractivity contribution >= 4 is 5.97 Å². The predicted octanol–water partition coefficient (Wildman–Crippen LogP) is 2.04. The lowest BCUT2D eigenvalue weighted by molar-refractivity contribution is 0.0660. The fraction of sp³-hybridized carbons (Fsp3) is 0.643. The summed E-state index contributed by atoms with van der Waals surface area (Å²) in [5, 5.41) is 12.4. The number of nitrogens with one attached hydrogen (secondary N) is 1. The molecule has 0 spiro atoms. The van der Waals surface area contributed by atoms with Crippen molar-refractivity contribution in [3.05, 3.63) is 23.7 Å². The SMILES string of the molecule is CC(C)CC(CN(C)C)NCc1ccoc1C(=O)O. The third kappa shape index (κ3) is 5.44. The molecule has 19 heavy (non-hydrogen) atoms. The van der Waals surface area contributed by atoms with Gasteiger partial charge >= 0.3 is 5.97 Å². The van der Waals surface area contributed by atoms with Gasteiger partial charge in [0.15, 0.2) is 0 Å². The van der Waals surface area contributed by atoms with Gasteiger partial charge in [-0.05, 0) is 32.5 Å². The number of furan rings is 1. The molecule has 0 amide bonds. The van der Waals surface area contributed by atoms with Crippen molar-refractivity contribution in [3.8, 4) is 0 Å². The van der Waals surface area contributed by atoms with E-state index in [1.807, 2.05) is 14.1 Å². The van der Waals surface area contributed by atoms with Crippen LogP contribution in [0.4, 0.5) is 0 Å². The molecule has 1 heterocycles. The maximum atomic E-state index is 11.0. The normalized spacial score (nSPS) is 13.2. The average Bonchev–Trinajstić information content (AvgIpc) is 2.72. The summed E-state index contributed by atoms with van der Waals surface area (Å²) in [7, 11) is 4.07. The summed E-state index contributed by atoms with van der Waals surface area (Å²) in [6.07, 6.45) is 2.47. The Labute approximate surface area is 114 Å². The smallest absolute Gasteiger partial charge is 0.372 e. The number of carboxylic acids is 1. The molecular formula is C14H24N2O3. The monoisotopic (exact) mass is 268 g/mol. The van der Waals surface area contributed by atoms with Gasteiger partial charge in [0.25, 0.3) is 0 Å². The molecule has 5 nitrogen and oxygen atoms in total. The highest BCUT2D eigenvalue weighted by molar-refractivity contribution is 5.86. The molecule has 0 saturated heterocycles. The first kappa shape index (κ1) is 15.7. The van der Waals surface area contributed by atoms with E-state index in [-0.39, 0.29) is 5.76 Å². The predicted molar refractivity (Wildman–Crippen MR) is 74.3 cm³/mol. The van der Waals surface area contributed by atoms with Crippen molar-refractivity contribution in [1.29, 1.82) is 0 Å². The molecule has 1 aromatic heterocycles. The molecule has 1 aromatic rings. The number of carboxylic acid groups (broad SMARTS) is 1. The minimum Gasteiger partial charge on any atom is -0.475 e. The lowest BCUT2D eigenvalue weighted by Gasteiger charge is -2.24. The molecule has 0 radical (unpaired) electrons. The largest absolute Gasteiger partial charge is 0.475 e. The first-order valence-corrected chi connectivity index (χ1v) is 6.58. The van der Waals surface area contributed by atoms with Gasteiger partial charge in [0, 0.05) is 24.7 Å². The molecular weight excluding hydrogens is 244 g/mol. The number of nitrogens with zero attached hydrogens (tertiary/aromatic N) is 1. The van der Waals surface area contributed by atoms with Gasteiger partial charge in [-0.25, -0.2) is 4.79 Å². The average molecular weight is 268 g/mol. The van der Waals surface area contributed by atoms with Crippen LogP contribution in [0.2, 0.25) is 0 Å². The Balaban J connectivity index is 2.59. The maximum Gasteiger partial charge on any atom is 0.372 e. The van der Waals surface area contributed by atoms with Crippen molar-refractivity contribution in [2.45, 2.75) is 32.9 Å². The van der Waals surface area contributed by atoms with Gasteiger partial charge in [0.2, 0.25) is 5.76 Å². The summed E-state index contributed by atoms with van der Waals surface area (Å²) >= 11 is 0. The Bertz CT molecular complexity index is 389. The summed E-state index contributed by atoms with van der Waals surface area (Å²) in [5.74, 6) is -0.392. The number of rotatable bonds is 8. The lowest BCUT2D eigenvalue weighted by atomic mass is 10.0. The van der Waals surface area contributed by atoms with E-state index in [2.05, 4.69) is 24.1 Å². The van der Waals surface area contributed by atoms with Crippen LogP contribution >= 0.6 is 0 Å². The van der Waals surface area contributed by atoms with Crippen LogP contribution in [-0.2, 0) is 6.54 Å². The third-order valence-electron chi connectivity index (χ3n) is 2.86. The van der Waals surface area contributed by atoms with Gasteiger partial charge in [-0.3, -0.25) is 0 Å². The summed E-state index contributed by atoms with van der Waals surface area (Å²) in [4.78, 5) is 13.1. The molecule has 0 aliphatic carbocycles. The van der Waals surface area contributed by atoms with E-state index in [1.54, 1.807) is 6.07 Å². The molecule has 0 bridgehead atoms. The Hall–Kier alpha value is -1.33. The van der Waals surface area contributed by atoms with Crippen LogP contribution in [0.25, 0.3) is 0 Å². The molecule has 5 heteroatoms. The molecule has 0 aromatic carbocycles. The summed E-state index contributed by atoms with van der Waals surface area (Å²) < 4.78 is 4.97. The number of hydrogen-bond acceptors (Lipinski definition) is 4. The van der Waals surface area contributed by atoms with Gasteiger partial charge in [-0.2, -0.15) is 0 Å². The molecule has 108 valence electrons. The quantitative estimate of drug-likeness (QED) is 0.755. The Morgan fingerprint density at radius 2 is 2.16 bits per heavy atom. The van der Waals surface area contributed by atoms with Gasteiger partial charge < -0.3 is 19.7 Å². The summed E-state index contributed by atoms with van der Waals surface area (Å²) in [6, 6.07) is 2.05. The van der Waals surface area contributed by atoms with Crippen LogP contribution in [-0.4, -0.2) is 42.7 Å². The van der Waals surface area contributed by atoms with Crippen molar-refractivity contribution < 1.29 is 14.3 Å². The zero-order chi connectivity index (χ0) is 14.4. The first-order valence-electron chi connectivity index (χ1n) is 6.58. The van der Waals surface area contributed by atoms with E-state index < -0.39 is 5.97 Å². The molecule has 0 aliphatic heterocycles. The molecule has 1 unspecified atom stereocenters. The molecule has 2 N–H and O–H groups in total. The van der Waals surface area contributed by atoms with Gasteiger partial charge in [0.1, 0.15) is 0 Å². The molecule has 1 atom stereocenters. The fourth-order valence-corrected chi connectivity index (χ4v) is 2.15. The molecule has 0 fully saturated rings. The maximum absolute atomic E-state index is 11.0. The standard InChI is InChI=1S/C14H24N2O3/c1-10(2)7-12(9-16(3)4)15-8-11-5-6-19-13(11)14(17)18/h5-6,10,12,15H,7-9H2,1-4H3,(H,17,18). The second kappa shape index (κ2) is 7.31. The van der Waals surface area contributed by atoms with E-state index >= 15 is 0 Å². The van der Waals surface area contributed by atoms with Crippen LogP contribution in [0.15, 0.2) is 16.7 Å². The van der Waals surface area contributed by atoms with Crippen molar-refractivity contribution in [2.75, 3.05) is 20.6 Å². The van der Waals surface area contributed by atoms with Crippen molar-refractivity contribution in [3.63, 3.8) is 0 Å². The van der Waals surface area contributed by atoms with Crippen LogP contribution < -0.4 is 5.32 Å². The van der Waals surface area contributed by atoms with Crippen LogP contribution in [0.5, 0.6) is 0 Å². The first-order chi connectivity index (χ1) is 8.90. The third-order valence-corrected chi connectivity index (χ3v) is 2.86. The zero-order valence-corrected chi connectivity index (χ0v) is 12.1.